The van der Waals surface area contributed by atoms with Crippen LogP contribution < -0.4 is 10.6 Å². The van der Waals surface area contributed by atoms with Gasteiger partial charge in [0.2, 0.25) is 0 Å². The van der Waals surface area contributed by atoms with Crippen molar-refractivity contribution in [2.45, 2.75) is 31.8 Å². The van der Waals surface area contributed by atoms with Crippen LogP contribution in [0.5, 0.6) is 0 Å². The Morgan fingerprint density at radius 2 is 2.24 bits per heavy atom. The van der Waals surface area contributed by atoms with Crippen molar-refractivity contribution in [2.75, 3.05) is 18.1 Å². The van der Waals surface area contributed by atoms with Gasteiger partial charge in [0.05, 0.1) is 12.6 Å². The summed E-state index contributed by atoms with van der Waals surface area (Å²) in [6.45, 7) is 1.66. The number of benzene rings is 1. The molecule has 4 heteroatoms. The smallest absolute Gasteiger partial charge is 0.0635 e. The molecule has 1 atom stereocenters. The number of nitrogens with zero attached hydrogens (tertiary/aromatic N) is 1. The van der Waals surface area contributed by atoms with E-state index in [1.807, 2.05) is 18.2 Å². The highest BCUT2D eigenvalue weighted by Gasteiger charge is 2.23. The average molecular weight is 255 g/mol. The largest absolute Gasteiger partial charge is 0.394 e. The number of rotatable bonds is 3. The van der Waals surface area contributed by atoms with E-state index in [1.54, 1.807) is 0 Å². The van der Waals surface area contributed by atoms with Gasteiger partial charge in [-0.3, -0.25) is 0 Å². The molecule has 1 aliphatic heterocycles. The van der Waals surface area contributed by atoms with Gasteiger partial charge in [-0.2, -0.15) is 0 Å². The second-order valence-electron chi connectivity index (χ2n) is 4.50. The molecular weight excluding hydrogens is 236 g/mol. The van der Waals surface area contributed by atoms with Crippen LogP contribution >= 0.6 is 11.6 Å². The number of piperidine rings is 1. The maximum Gasteiger partial charge on any atom is 0.0635 e. The number of hydrogen-bond donors (Lipinski definition) is 2. The number of aliphatic hydroxyl groups excluding tert-OH is 1. The Labute approximate surface area is 107 Å². The molecule has 0 aliphatic carbocycles. The Hall–Kier alpha value is -0.770. The van der Waals surface area contributed by atoms with Gasteiger partial charge in [0, 0.05) is 23.8 Å². The standard InChI is InChI=1S/C13H19ClN2O/c14-11-4-5-13(10(7-11)8-15)16-6-2-1-3-12(16)9-17/h4-5,7,12,17H,1-3,6,8-9,15H2. The molecule has 0 spiro atoms. The highest BCUT2D eigenvalue weighted by Crippen LogP contribution is 2.29. The van der Waals surface area contributed by atoms with Crippen molar-refractivity contribution >= 4 is 17.3 Å². The molecule has 1 aromatic carbocycles. The number of anilines is 1. The van der Waals surface area contributed by atoms with Crippen molar-refractivity contribution in [3.63, 3.8) is 0 Å². The summed E-state index contributed by atoms with van der Waals surface area (Å²) in [4.78, 5) is 2.27. The van der Waals surface area contributed by atoms with Gasteiger partial charge in [0.15, 0.2) is 0 Å². The van der Waals surface area contributed by atoms with E-state index in [-0.39, 0.29) is 12.6 Å². The third-order valence-electron chi connectivity index (χ3n) is 3.41. The number of halogens is 1. The van der Waals surface area contributed by atoms with Crippen molar-refractivity contribution in [2.24, 2.45) is 5.73 Å². The minimum atomic E-state index is 0.201. The fourth-order valence-electron chi connectivity index (χ4n) is 2.51. The van der Waals surface area contributed by atoms with Crippen LogP contribution in [0.15, 0.2) is 18.2 Å². The van der Waals surface area contributed by atoms with E-state index in [9.17, 15) is 5.11 Å². The van der Waals surface area contributed by atoms with Crippen molar-refractivity contribution < 1.29 is 5.11 Å². The Morgan fingerprint density at radius 1 is 1.41 bits per heavy atom. The zero-order valence-electron chi connectivity index (χ0n) is 9.90. The van der Waals surface area contributed by atoms with E-state index in [0.717, 1.165) is 24.2 Å². The van der Waals surface area contributed by atoms with E-state index in [2.05, 4.69) is 4.90 Å². The monoisotopic (exact) mass is 254 g/mol. The van der Waals surface area contributed by atoms with Gasteiger partial charge in [-0.05, 0) is 43.0 Å². The van der Waals surface area contributed by atoms with Crippen LogP contribution in [0, 0.1) is 0 Å². The maximum absolute atomic E-state index is 9.44. The molecule has 0 amide bonds. The molecule has 0 radical (unpaired) electrons. The molecule has 1 aromatic rings. The van der Waals surface area contributed by atoms with Crippen LogP contribution in [0.1, 0.15) is 24.8 Å². The maximum atomic E-state index is 9.44. The summed E-state index contributed by atoms with van der Waals surface area (Å²) >= 11 is 5.98. The zero-order chi connectivity index (χ0) is 12.3. The Morgan fingerprint density at radius 3 is 2.94 bits per heavy atom. The van der Waals surface area contributed by atoms with Gasteiger partial charge in [-0.15, -0.1) is 0 Å². The summed E-state index contributed by atoms with van der Waals surface area (Å²) in [5, 5.41) is 10.2. The van der Waals surface area contributed by atoms with Crippen molar-refractivity contribution in [3.05, 3.63) is 28.8 Å². The number of aliphatic hydroxyl groups is 1. The quantitative estimate of drug-likeness (QED) is 0.869. The molecule has 0 aromatic heterocycles. The lowest BCUT2D eigenvalue weighted by molar-refractivity contribution is 0.240. The molecule has 17 heavy (non-hydrogen) atoms. The van der Waals surface area contributed by atoms with Gasteiger partial charge in [0.25, 0.3) is 0 Å². The molecular formula is C13H19ClN2O. The van der Waals surface area contributed by atoms with Crippen LogP contribution in [0.4, 0.5) is 5.69 Å². The van der Waals surface area contributed by atoms with Gasteiger partial charge >= 0.3 is 0 Å². The van der Waals surface area contributed by atoms with Gasteiger partial charge in [0.1, 0.15) is 0 Å². The fourth-order valence-corrected chi connectivity index (χ4v) is 2.70. The first kappa shape index (κ1) is 12.7. The van der Waals surface area contributed by atoms with Crippen LogP contribution in [-0.4, -0.2) is 24.3 Å². The van der Waals surface area contributed by atoms with Crippen molar-refractivity contribution in [3.8, 4) is 0 Å². The van der Waals surface area contributed by atoms with Crippen molar-refractivity contribution in [1.29, 1.82) is 0 Å². The molecule has 1 saturated heterocycles. The molecule has 0 bridgehead atoms. The van der Waals surface area contributed by atoms with Crippen LogP contribution in [0.3, 0.4) is 0 Å². The van der Waals surface area contributed by atoms with E-state index in [4.69, 9.17) is 17.3 Å². The first-order valence-electron chi connectivity index (χ1n) is 6.12. The topological polar surface area (TPSA) is 49.5 Å². The van der Waals surface area contributed by atoms with E-state index < -0.39 is 0 Å². The third kappa shape index (κ3) is 2.73. The van der Waals surface area contributed by atoms with Crippen molar-refractivity contribution in [1.82, 2.24) is 0 Å². The molecule has 3 nitrogen and oxygen atoms in total. The molecule has 1 heterocycles. The predicted octanol–water partition coefficient (Wildman–Crippen LogP) is 2.15. The highest BCUT2D eigenvalue weighted by atomic mass is 35.5. The number of hydrogen-bond acceptors (Lipinski definition) is 3. The van der Waals surface area contributed by atoms with E-state index in [1.165, 1.54) is 12.8 Å². The predicted molar refractivity (Wildman–Crippen MR) is 71.4 cm³/mol. The van der Waals surface area contributed by atoms with Gasteiger partial charge in [-0.25, -0.2) is 0 Å². The van der Waals surface area contributed by atoms with E-state index >= 15 is 0 Å². The number of nitrogens with two attached hydrogens (primary N) is 1. The molecule has 1 fully saturated rings. The lowest BCUT2D eigenvalue weighted by Crippen LogP contribution is -2.42. The summed E-state index contributed by atoms with van der Waals surface area (Å²) in [7, 11) is 0. The second kappa shape index (κ2) is 5.71. The molecule has 1 aliphatic rings. The van der Waals surface area contributed by atoms with Crippen LogP contribution in [0.25, 0.3) is 0 Å². The van der Waals surface area contributed by atoms with Gasteiger partial charge < -0.3 is 15.7 Å². The first-order chi connectivity index (χ1) is 8.26. The van der Waals surface area contributed by atoms with Gasteiger partial charge in [-0.1, -0.05) is 11.6 Å². The SMILES string of the molecule is NCc1cc(Cl)ccc1N1CCCCC1CO. The molecule has 1 unspecified atom stereocenters. The zero-order valence-corrected chi connectivity index (χ0v) is 10.7. The average Bonchev–Trinajstić information content (AvgIpc) is 2.38. The van der Waals surface area contributed by atoms with Crippen LogP contribution in [-0.2, 0) is 6.54 Å². The summed E-state index contributed by atoms with van der Waals surface area (Å²) < 4.78 is 0. The minimum absolute atomic E-state index is 0.201. The Bertz CT molecular complexity index is 384. The summed E-state index contributed by atoms with van der Waals surface area (Å²) in [5.41, 5.74) is 7.94. The minimum Gasteiger partial charge on any atom is -0.394 e. The molecule has 94 valence electrons. The Kier molecular flexibility index (Phi) is 4.26. The summed E-state index contributed by atoms with van der Waals surface area (Å²) in [6, 6.07) is 6.03. The summed E-state index contributed by atoms with van der Waals surface area (Å²) in [5.74, 6) is 0. The highest BCUT2D eigenvalue weighted by molar-refractivity contribution is 6.30. The van der Waals surface area contributed by atoms with E-state index in [0.29, 0.717) is 11.6 Å². The second-order valence-corrected chi connectivity index (χ2v) is 4.94. The molecule has 2 rings (SSSR count). The normalized spacial score (nSPS) is 20.6. The lowest BCUT2D eigenvalue weighted by atomic mass is 10.0. The van der Waals surface area contributed by atoms with Crippen LogP contribution in [0.2, 0.25) is 5.02 Å². The summed E-state index contributed by atoms with van der Waals surface area (Å²) in [6.07, 6.45) is 3.40. The molecule has 0 saturated carbocycles. The third-order valence-corrected chi connectivity index (χ3v) is 3.64. The Balaban J connectivity index is 2.30. The molecule has 3 N–H and O–H groups in total. The fraction of sp³-hybridized carbons (Fsp3) is 0.538. The first-order valence-corrected chi connectivity index (χ1v) is 6.50. The lowest BCUT2D eigenvalue weighted by Gasteiger charge is -2.37.